The van der Waals surface area contributed by atoms with E-state index in [4.69, 9.17) is 0 Å². The van der Waals surface area contributed by atoms with Crippen molar-refractivity contribution >= 4 is 16.5 Å². The second kappa shape index (κ2) is 13.1. The summed E-state index contributed by atoms with van der Waals surface area (Å²) in [6.07, 6.45) is 19.2. The number of allylic oxidation sites excluding steroid dienone is 2. The van der Waals surface area contributed by atoms with Crippen molar-refractivity contribution in [3.8, 4) is 0 Å². The number of fused-ring (bicyclic) bond motifs is 3. The van der Waals surface area contributed by atoms with Crippen molar-refractivity contribution in [3.05, 3.63) is 70.7 Å². The first-order chi connectivity index (χ1) is 18.3. The molecule has 0 saturated carbocycles. The fourth-order valence-electron chi connectivity index (χ4n) is 6.48. The van der Waals surface area contributed by atoms with Gasteiger partial charge in [0.05, 0.1) is 5.54 Å². The smallest absolute Gasteiger partial charge is 0.0608 e. The van der Waals surface area contributed by atoms with Crippen molar-refractivity contribution in [1.29, 1.82) is 0 Å². The van der Waals surface area contributed by atoms with Gasteiger partial charge in [0.1, 0.15) is 0 Å². The Hall–Kier alpha value is -2.39. The van der Waals surface area contributed by atoms with Crippen LogP contribution in [0.25, 0.3) is 16.5 Å². The minimum absolute atomic E-state index is 0.0763. The highest BCUT2D eigenvalue weighted by Crippen LogP contribution is 2.40. The number of nitrogens with zero attached hydrogens (tertiary/aromatic N) is 3. The minimum Gasteiger partial charge on any atom is -0.335 e. The third-order valence-corrected chi connectivity index (χ3v) is 8.69. The largest absolute Gasteiger partial charge is 0.335 e. The number of aromatic nitrogens is 2. The number of aryl methyl sites for hydroxylation is 2. The summed E-state index contributed by atoms with van der Waals surface area (Å²) in [6.45, 7) is 13.5. The lowest BCUT2D eigenvalue weighted by atomic mass is 9.89. The van der Waals surface area contributed by atoms with E-state index in [1.165, 1.54) is 91.8 Å². The molecule has 0 bridgehead atoms. The van der Waals surface area contributed by atoms with Crippen molar-refractivity contribution in [3.63, 3.8) is 0 Å². The molecule has 0 fully saturated rings. The van der Waals surface area contributed by atoms with Crippen LogP contribution in [0.2, 0.25) is 0 Å². The van der Waals surface area contributed by atoms with Gasteiger partial charge in [0, 0.05) is 48.0 Å². The number of hydrogen-bond acceptors (Lipinski definition) is 2. The van der Waals surface area contributed by atoms with Gasteiger partial charge >= 0.3 is 0 Å². The number of pyridine rings is 1. The zero-order chi connectivity index (χ0) is 27.1. The fraction of sp³-hybridized carbons (Fsp3) is 0.571. The Kier molecular flexibility index (Phi) is 9.87. The second-order valence-corrected chi connectivity index (χ2v) is 12.2. The van der Waals surface area contributed by atoms with Gasteiger partial charge in [0.15, 0.2) is 0 Å². The van der Waals surface area contributed by atoms with Gasteiger partial charge in [-0.2, -0.15) is 0 Å². The van der Waals surface area contributed by atoms with Gasteiger partial charge in [0.25, 0.3) is 0 Å². The van der Waals surface area contributed by atoms with Crippen LogP contribution in [0.1, 0.15) is 113 Å². The maximum Gasteiger partial charge on any atom is 0.0608 e. The number of likely N-dealkylation sites (N-methyl/N-ethyl adjacent to an activating group) is 1. The molecule has 0 amide bonds. The number of rotatable bonds is 13. The molecule has 3 nitrogen and oxygen atoms in total. The van der Waals surface area contributed by atoms with Crippen molar-refractivity contribution in [2.45, 2.75) is 117 Å². The summed E-state index contributed by atoms with van der Waals surface area (Å²) in [6, 6.07) is 11.5. The topological polar surface area (TPSA) is 21.1 Å². The van der Waals surface area contributed by atoms with E-state index in [2.05, 4.69) is 92.5 Å². The number of benzene rings is 1. The molecule has 1 aromatic carbocycles. The van der Waals surface area contributed by atoms with E-state index < -0.39 is 0 Å². The first kappa shape index (κ1) is 28.6. The molecule has 38 heavy (non-hydrogen) atoms. The van der Waals surface area contributed by atoms with E-state index in [1.807, 2.05) is 6.20 Å². The molecule has 1 unspecified atom stereocenters. The molecular weight excluding hydrogens is 462 g/mol. The van der Waals surface area contributed by atoms with E-state index in [0.29, 0.717) is 0 Å². The summed E-state index contributed by atoms with van der Waals surface area (Å²) < 4.78 is 2.74. The van der Waals surface area contributed by atoms with Crippen molar-refractivity contribution in [1.82, 2.24) is 14.5 Å². The molecule has 3 heterocycles. The Morgan fingerprint density at radius 2 is 1.68 bits per heavy atom. The molecule has 4 rings (SSSR count). The van der Waals surface area contributed by atoms with Gasteiger partial charge in [-0.1, -0.05) is 88.5 Å². The molecule has 0 aliphatic carbocycles. The fourth-order valence-corrected chi connectivity index (χ4v) is 6.48. The zero-order valence-corrected chi connectivity index (χ0v) is 25.1. The Morgan fingerprint density at radius 3 is 2.37 bits per heavy atom. The predicted octanol–water partition coefficient (Wildman–Crippen LogP) is 9.38. The van der Waals surface area contributed by atoms with Gasteiger partial charge in [-0.15, -0.1) is 0 Å². The SMILES string of the molecule is CCCCCCCCCCCC(C)(C=C(C)c1ccc(C)nc1)n1c2c(c3cc(C)ccc31)CN(C)CC2. The molecule has 0 N–H and O–H groups in total. The lowest BCUT2D eigenvalue weighted by Gasteiger charge is -2.35. The Labute approximate surface area is 232 Å². The van der Waals surface area contributed by atoms with E-state index in [1.54, 1.807) is 11.3 Å². The number of unbranched alkanes of at least 4 members (excludes halogenated alkanes) is 8. The number of hydrogen-bond donors (Lipinski definition) is 0. The summed E-state index contributed by atoms with van der Waals surface area (Å²) in [4.78, 5) is 7.08. The lowest BCUT2D eigenvalue weighted by molar-refractivity contribution is 0.295. The summed E-state index contributed by atoms with van der Waals surface area (Å²) >= 11 is 0. The minimum atomic E-state index is -0.0763. The standard InChI is InChI=1S/C35H51N3/c1-7-8-9-10-11-12-13-14-15-21-35(5,24-28(3)30-18-17-29(4)36-25-30)38-33-19-16-27(2)23-31(33)32-26-37(6)22-20-34(32)38/h16-19,23-25H,7-15,20-22,26H2,1-6H3. The van der Waals surface area contributed by atoms with Gasteiger partial charge in [-0.25, -0.2) is 0 Å². The molecular formula is C35H51N3. The monoisotopic (exact) mass is 513 g/mol. The van der Waals surface area contributed by atoms with Crippen LogP contribution in [0.4, 0.5) is 0 Å². The van der Waals surface area contributed by atoms with Gasteiger partial charge in [0.2, 0.25) is 0 Å². The first-order valence-electron chi connectivity index (χ1n) is 15.3. The van der Waals surface area contributed by atoms with Crippen molar-refractivity contribution in [2.24, 2.45) is 0 Å². The summed E-state index contributed by atoms with van der Waals surface area (Å²) in [7, 11) is 2.26. The Morgan fingerprint density at radius 1 is 0.974 bits per heavy atom. The highest BCUT2D eigenvalue weighted by Gasteiger charge is 2.32. The molecule has 0 saturated heterocycles. The van der Waals surface area contributed by atoms with Crippen molar-refractivity contribution < 1.29 is 0 Å². The van der Waals surface area contributed by atoms with Crippen molar-refractivity contribution in [2.75, 3.05) is 13.6 Å². The highest BCUT2D eigenvalue weighted by molar-refractivity contribution is 5.87. The maximum atomic E-state index is 4.60. The van der Waals surface area contributed by atoms with Crippen LogP contribution in [0.5, 0.6) is 0 Å². The van der Waals surface area contributed by atoms with E-state index >= 15 is 0 Å². The molecule has 0 radical (unpaired) electrons. The molecule has 0 spiro atoms. The first-order valence-corrected chi connectivity index (χ1v) is 15.3. The highest BCUT2D eigenvalue weighted by atomic mass is 15.1. The summed E-state index contributed by atoms with van der Waals surface area (Å²) in [5.41, 5.74) is 9.40. The molecule has 3 heteroatoms. The van der Waals surface area contributed by atoms with Gasteiger partial charge in [-0.3, -0.25) is 4.98 Å². The van der Waals surface area contributed by atoms with Crippen LogP contribution in [0, 0.1) is 13.8 Å². The van der Waals surface area contributed by atoms with Crippen LogP contribution in [-0.2, 0) is 18.5 Å². The molecule has 1 aliphatic heterocycles. The van der Waals surface area contributed by atoms with Crippen LogP contribution in [-0.4, -0.2) is 28.0 Å². The second-order valence-electron chi connectivity index (χ2n) is 12.2. The molecule has 2 aromatic heterocycles. The predicted molar refractivity (Wildman–Crippen MR) is 165 cm³/mol. The molecule has 1 aliphatic rings. The lowest BCUT2D eigenvalue weighted by Crippen LogP contribution is -2.34. The third kappa shape index (κ3) is 6.78. The van der Waals surface area contributed by atoms with Crippen LogP contribution in [0.15, 0.2) is 42.6 Å². The van der Waals surface area contributed by atoms with E-state index in [-0.39, 0.29) is 5.54 Å². The third-order valence-electron chi connectivity index (χ3n) is 8.69. The van der Waals surface area contributed by atoms with Crippen LogP contribution in [0.3, 0.4) is 0 Å². The van der Waals surface area contributed by atoms with Crippen LogP contribution >= 0.6 is 0 Å². The zero-order valence-electron chi connectivity index (χ0n) is 25.1. The summed E-state index contributed by atoms with van der Waals surface area (Å²) in [5, 5.41) is 1.45. The molecule has 1 atom stereocenters. The maximum absolute atomic E-state index is 4.60. The van der Waals surface area contributed by atoms with E-state index in [9.17, 15) is 0 Å². The van der Waals surface area contributed by atoms with Crippen LogP contribution < -0.4 is 0 Å². The summed E-state index contributed by atoms with van der Waals surface area (Å²) in [5.74, 6) is 0. The Bertz CT molecular complexity index is 1220. The van der Waals surface area contributed by atoms with E-state index in [0.717, 1.165) is 25.2 Å². The average molecular weight is 514 g/mol. The van der Waals surface area contributed by atoms with Gasteiger partial charge < -0.3 is 9.47 Å². The quantitative estimate of drug-likeness (QED) is 0.212. The average Bonchev–Trinajstić information content (AvgIpc) is 3.21. The molecule has 3 aromatic rings. The Balaban J connectivity index is 1.65. The normalized spacial score (nSPS) is 16.1. The van der Waals surface area contributed by atoms with Gasteiger partial charge in [-0.05, 0) is 76.1 Å². The molecule has 206 valence electrons.